The number of carbonyl (C=O) groups is 1. The highest BCUT2D eigenvalue weighted by Crippen LogP contribution is 2.41. The smallest absolute Gasteiger partial charge is 0.234 e. The molecule has 150 valence electrons. The van der Waals surface area contributed by atoms with Crippen LogP contribution in [0.15, 0.2) is 30.5 Å². The Labute approximate surface area is 168 Å². The topological polar surface area (TPSA) is 50.2 Å². The third-order valence-corrected chi connectivity index (χ3v) is 6.11. The predicted molar refractivity (Wildman–Crippen MR) is 112 cm³/mol. The van der Waals surface area contributed by atoms with Gasteiger partial charge < -0.3 is 5.32 Å². The summed E-state index contributed by atoms with van der Waals surface area (Å²) in [4.78, 5) is 15.0. The van der Waals surface area contributed by atoms with Crippen LogP contribution in [0.5, 0.6) is 0 Å². The molecule has 5 heteroatoms. The van der Waals surface area contributed by atoms with Crippen LogP contribution in [-0.4, -0.2) is 40.2 Å². The molecule has 1 aromatic heterocycles. The summed E-state index contributed by atoms with van der Waals surface area (Å²) in [5.41, 5.74) is 4.85. The van der Waals surface area contributed by atoms with Crippen molar-refractivity contribution in [1.82, 2.24) is 20.0 Å². The summed E-state index contributed by atoms with van der Waals surface area (Å²) in [6.45, 7) is 9.26. The number of hydrogen-bond donors (Lipinski definition) is 1. The molecule has 1 N–H and O–H groups in total. The molecule has 0 bridgehead atoms. The molecule has 2 heterocycles. The van der Waals surface area contributed by atoms with E-state index in [9.17, 15) is 4.79 Å². The number of amides is 1. The molecule has 28 heavy (non-hydrogen) atoms. The number of aromatic nitrogens is 2. The molecule has 0 spiro atoms. The van der Waals surface area contributed by atoms with Crippen LogP contribution in [-0.2, 0) is 11.2 Å². The first-order valence-electron chi connectivity index (χ1n) is 10.6. The first-order valence-corrected chi connectivity index (χ1v) is 10.6. The molecule has 0 unspecified atom stereocenters. The van der Waals surface area contributed by atoms with Gasteiger partial charge in [-0.25, -0.2) is 4.68 Å². The van der Waals surface area contributed by atoms with E-state index in [0.29, 0.717) is 6.54 Å². The lowest BCUT2D eigenvalue weighted by atomic mass is 9.74. The SMILES string of the molecule is Cc1ccc(-n2ncc3c2CC(C)(C)C[C@H]3NC(=O)CN2CCCCC2)cc1. The summed E-state index contributed by atoms with van der Waals surface area (Å²) >= 11 is 0. The van der Waals surface area contributed by atoms with E-state index in [1.807, 2.05) is 6.20 Å². The van der Waals surface area contributed by atoms with E-state index < -0.39 is 0 Å². The largest absolute Gasteiger partial charge is 0.348 e. The molecule has 1 aliphatic carbocycles. The molecule has 0 radical (unpaired) electrons. The van der Waals surface area contributed by atoms with E-state index in [1.165, 1.54) is 36.1 Å². The van der Waals surface area contributed by atoms with Gasteiger partial charge in [0.15, 0.2) is 0 Å². The first kappa shape index (κ1) is 19.2. The number of rotatable bonds is 4. The Hall–Kier alpha value is -2.14. The van der Waals surface area contributed by atoms with Crippen molar-refractivity contribution < 1.29 is 4.79 Å². The molecule has 1 fully saturated rings. The van der Waals surface area contributed by atoms with E-state index >= 15 is 0 Å². The van der Waals surface area contributed by atoms with Gasteiger partial charge in [-0.2, -0.15) is 5.10 Å². The van der Waals surface area contributed by atoms with Gasteiger partial charge in [-0.1, -0.05) is 38.0 Å². The number of nitrogens with one attached hydrogen (secondary N) is 1. The lowest BCUT2D eigenvalue weighted by Crippen LogP contribution is -2.43. The van der Waals surface area contributed by atoms with Gasteiger partial charge >= 0.3 is 0 Å². The molecular formula is C23H32N4O. The minimum absolute atomic E-state index is 0.0373. The fraction of sp³-hybridized carbons (Fsp3) is 0.565. The average molecular weight is 381 g/mol. The normalized spacial score (nSPS) is 21.9. The zero-order valence-corrected chi connectivity index (χ0v) is 17.4. The lowest BCUT2D eigenvalue weighted by Gasteiger charge is -2.36. The van der Waals surface area contributed by atoms with Crippen molar-refractivity contribution in [3.8, 4) is 5.69 Å². The maximum Gasteiger partial charge on any atom is 0.234 e. The number of carbonyl (C=O) groups excluding carboxylic acids is 1. The number of piperidine rings is 1. The molecule has 1 saturated heterocycles. The Morgan fingerprint density at radius 2 is 1.89 bits per heavy atom. The Kier molecular flexibility index (Phi) is 5.28. The maximum atomic E-state index is 12.7. The molecule has 5 nitrogen and oxygen atoms in total. The maximum absolute atomic E-state index is 12.7. The second kappa shape index (κ2) is 7.70. The molecule has 4 rings (SSSR count). The summed E-state index contributed by atoms with van der Waals surface area (Å²) in [5, 5.41) is 8.01. The highest BCUT2D eigenvalue weighted by molar-refractivity contribution is 5.78. The van der Waals surface area contributed by atoms with E-state index in [4.69, 9.17) is 5.10 Å². The van der Waals surface area contributed by atoms with Crippen LogP contribution in [0.2, 0.25) is 0 Å². The molecule has 1 aromatic carbocycles. The van der Waals surface area contributed by atoms with Crippen molar-refractivity contribution in [3.05, 3.63) is 47.3 Å². The minimum atomic E-state index is 0.0373. The number of likely N-dealkylation sites (tertiary alicyclic amines) is 1. The van der Waals surface area contributed by atoms with Crippen LogP contribution in [0.4, 0.5) is 0 Å². The summed E-state index contributed by atoms with van der Waals surface area (Å²) in [6.07, 6.45) is 7.57. The van der Waals surface area contributed by atoms with Gasteiger partial charge in [0.2, 0.25) is 5.91 Å². The van der Waals surface area contributed by atoms with Gasteiger partial charge in [0.05, 0.1) is 30.2 Å². The van der Waals surface area contributed by atoms with Crippen molar-refractivity contribution in [1.29, 1.82) is 0 Å². The second-order valence-electron chi connectivity index (χ2n) is 9.30. The fourth-order valence-electron chi connectivity index (χ4n) is 4.64. The van der Waals surface area contributed by atoms with Crippen molar-refractivity contribution in [2.24, 2.45) is 5.41 Å². The molecule has 1 amide bonds. The Morgan fingerprint density at radius 1 is 1.18 bits per heavy atom. The Balaban J connectivity index is 1.55. The van der Waals surface area contributed by atoms with Crippen LogP contribution in [0, 0.1) is 12.3 Å². The van der Waals surface area contributed by atoms with Crippen LogP contribution in [0.1, 0.15) is 62.4 Å². The van der Waals surface area contributed by atoms with Gasteiger partial charge in [-0.3, -0.25) is 9.69 Å². The van der Waals surface area contributed by atoms with Gasteiger partial charge in [-0.05, 0) is 63.2 Å². The van der Waals surface area contributed by atoms with E-state index in [2.05, 4.69) is 59.9 Å². The van der Waals surface area contributed by atoms with Gasteiger partial charge in [0.1, 0.15) is 0 Å². The number of hydrogen-bond acceptors (Lipinski definition) is 3. The number of aryl methyl sites for hydroxylation is 1. The van der Waals surface area contributed by atoms with E-state index in [0.717, 1.165) is 31.6 Å². The lowest BCUT2D eigenvalue weighted by molar-refractivity contribution is -0.123. The molecule has 1 atom stereocenters. The average Bonchev–Trinajstić information content (AvgIpc) is 3.06. The highest BCUT2D eigenvalue weighted by Gasteiger charge is 2.36. The van der Waals surface area contributed by atoms with Crippen molar-refractivity contribution in [3.63, 3.8) is 0 Å². The summed E-state index contributed by atoms with van der Waals surface area (Å²) in [5.74, 6) is 0.138. The van der Waals surface area contributed by atoms with Gasteiger partial charge in [0, 0.05) is 5.56 Å². The zero-order chi connectivity index (χ0) is 19.7. The van der Waals surface area contributed by atoms with Crippen molar-refractivity contribution in [2.45, 2.75) is 58.9 Å². The van der Waals surface area contributed by atoms with Crippen LogP contribution < -0.4 is 5.32 Å². The van der Waals surface area contributed by atoms with Crippen LogP contribution in [0.25, 0.3) is 5.69 Å². The number of benzene rings is 1. The van der Waals surface area contributed by atoms with E-state index in [1.54, 1.807) is 0 Å². The molecular weight excluding hydrogens is 348 g/mol. The number of nitrogens with zero attached hydrogens (tertiary/aromatic N) is 3. The van der Waals surface area contributed by atoms with E-state index in [-0.39, 0.29) is 17.4 Å². The Morgan fingerprint density at radius 3 is 2.61 bits per heavy atom. The zero-order valence-electron chi connectivity index (χ0n) is 17.4. The molecule has 2 aliphatic rings. The molecule has 2 aromatic rings. The predicted octanol–water partition coefficient (Wildman–Crippen LogP) is 3.80. The Bertz CT molecular complexity index is 831. The fourth-order valence-corrected chi connectivity index (χ4v) is 4.64. The standard InChI is InChI=1S/C23H32N4O/c1-17-7-9-18(10-8-17)27-21-14-23(2,3)13-20(19(21)15-24-27)25-22(28)16-26-11-5-4-6-12-26/h7-10,15,20H,4-6,11-14,16H2,1-3H3,(H,25,28)/t20-/m1/s1. The quantitative estimate of drug-likeness (QED) is 0.878. The van der Waals surface area contributed by atoms with Gasteiger partial charge in [-0.15, -0.1) is 0 Å². The summed E-state index contributed by atoms with van der Waals surface area (Å²) < 4.78 is 2.06. The second-order valence-corrected chi connectivity index (χ2v) is 9.30. The monoisotopic (exact) mass is 380 g/mol. The highest BCUT2D eigenvalue weighted by atomic mass is 16.2. The number of fused-ring (bicyclic) bond motifs is 1. The van der Waals surface area contributed by atoms with Crippen LogP contribution in [0.3, 0.4) is 0 Å². The first-order chi connectivity index (χ1) is 13.4. The third kappa shape index (κ3) is 4.14. The summed E-state index contributed by atoms with van der Waals surface area (Å²) in [6, 6.07) is 8.52. The minimum Gasteiger partial charge on any atom is -0.348 e. The van der Waals surface area contributed by atoms with Crippen LogP contribution >= 0.6 is 0 Å². The molecule has 0 saturated carbocycles. The summed E-state index contributed by atoms with van der Waals surface area (Å²) in [7, 11) is 0. The molecule has 1 aliphatic heterocycles. The van der Waals surface area contributed by atoms with Crippen molar-refractivity contribution >= 4 is 5.91 Å². The van der Waals surface area contributed by atoms with Gasteiger partial charge in [0.25, 0.3) is 0 Å². The third-order valence-electron chi connectivity index (χ3n) is 6.11. The van der Waals surface area contributed by atoms with Crippen molar-refractivity contribution in [2.75, 3.05) is 19.6 Å².